The summed E-state index contributed by atoms with van der Waals surface area (Å²) in [6.45, 7) is 1.31. The molecule has 1 aliphatic rings. The molecule has 1 aliphatic heterocycles. The van der Waals surface area contributed by atoms with Crippen LogP contribution in [0.2, 0.25) is 0 Å². The number of methoxy groups -OCH3 is 2. The van der Waals surface area contributed by atoms with Crippen molar-refractivity contribution in [1.82, 2.24) is 9.88 Å². The standard InChI is InChI=1S/C22H22F3N3O4S/c1-6-18-26-16(11-33-18)19(29)28(13-7-14(31-4)9-15(8-13)32-5)17-10-27(12-22(23,24)25)20(30)21(17,2)3/h1,7-9,11,17H,10,12H2,2-5H3. The van der Waals surface area contributed by atoms with Crippen LogP contribution in [0.15, 0.2) is 23.6 Å². The van der Waals surface area contributed by atoms with Crippen LogP contribution in [0.25, 0.3) is 0 Å². The summed E-state index contributed by atoms with van der Waals surface area (Å²) in [4.78, 5) is 32.6. The number of carbonyl (C=O) groups is 2. The molecule has 1 unspecified atom stereocenters. The fraction of sp³-hybridized carbons (Fsp3) is 0.409. The minimum absolute atomic E-state index is 0.0206. The molecule has 11 heteroatoms. The molecule has 0 saturated carbocycles. The molecule has 3 rings (SSSR count). The van der Waals surface area contributed by atoms with Crippen LogP contribution >= 0.6 is 11.3 Å². The van der Waals surface area contributed by atoms with Gasteiger partial charge in [-0.2, -0.15) is 13.2 Å². The van der Waals surface area contributed by atoms with Crippen LogP contribution in [-0.2, 0) is 4.79 Å². The van der Waals surface area contributed by atoms with Crippen molar-refractivity contribution < 1.29 is 32.2 Å². The number of amides is 2. The van der Waals surface area contributed by atoms with E-state index < -0.39 is 36.0 Å². The number of hydrogen-bond acceptors (Lipinski definition) is 6. The maximum absolute atomic E-state index is 13.6. The summed E-state index contributed by atoms with van der Waals surface area (Å²) >= 11 is 1.09. The lowest BCUT2D eigenvalue weighted by atomic mass is 9.85. The molecule has 2 amide bonds. The van der Waals surface area contributed by atoms with Crippen LogP contribution in [0.1, 0.15) is 29.3 Å². The van der Waals surface area contributed by atoms with Crippen LogP contribution in [0.4, 0.5) is 18.9 Å². The van der Waals surface area contributed by atoms with Crippen molar-refractivity contribution in [2.75, 3.05) is 32.2 Å². The zero-order valence-electron chi connectivity index (χ0n) is 18.4. The first-order valence-electron chi connectivity index (χ1n) is 9.76. The Morgan fingerprint density at radius 3 is 2.39 bits per heavy atom. The molecule has 2 aromatic rings. The molecule has 1 aromatic carbocycles. The van der Waals surface area contributed by atoms with E-state index in [0.717, 1.165) is 16.2 Å². The van der Waals surface area contributed by atoms with Gasteiger partial charge in [-0.15, -0.1) is 17.8 Å². The number of ether oxygens (including phenoxy) is 2. The molecule has 33 heavy (non-hydrogen) atoms. The number of nitrogens with zero attached hydrogens (tertiary/aromatic N) is 3. The summed E-state index contributed by atoms with van der Waals surface area (Å²) in [6.07, 6.45) is 0.791. The van der Waals surface area contributed by atoms with Crippen LogP contribution in [-0.4, -0.2) is 61.2 Å². The summed E-state index contributed by atoms with van der Waals surface area (Å²) in [5.74, 6) is 1.76. The molecular formula is C22H22F3N3O4S. The minimum atomic E-state index is -4.58. The maximum atomic E-state index is 13.6. The van der Waals surface area contributed by atoms with Gasteiger partial charge in [-0.3, -0.25) is 9.59 Å². The van der Waals surface area contributed by atoms with Crippen molar-refractivity contribution in [1.29, 1.82) is 0 Å². The van der Waals surface area contributed by atoms with Gasteiger partial charge in [0.25, 0.3) is 5.91 Å². The van der Waals surface area contributed by atoms with E-state index in [0.29, 0.717) is 11.5 Å². The van der Waals surface area contributed by atoms with Crippen molar-refractivity contribution in [3.63, 3.8) is 0 Å². The molecule has 1 aromatic heterocycles. The molecule has 0 radical (unpaired) electrons. The van der Waals surface area contributed by atoms with E-state index in [2.05, 4.69) is 10.9 Å². The second-order valence-electron chi connectivity index (χ2n) is 7.97. The Bertz CT molecular complexity index is 1080. The van der Waals surface area contributed by atoms with Crippen molar-refractivity contribution in [2.24, 2.45) is 5.41 Å². The molecular weight excluding hydrogens is 459 g/mol. The summed E-state index contributed by atoms with van der Waals surface area (Å²) in [7, 11) is 2.86. The SMILES string of the molecule is C#Cc1nc(C(=O)N(c2cc(OC)cc(OC)c2)C2CN(CC(F)(F)F)C(=O)C2(C)C)cs1. The lowest BCUT2D eigenvalue weighted by Crippen LogP contribution is -2.49. The summed E-state index contributed by atoms with van der Waals surface area (Å²) in [5.41, 5.74) is -1.01. The van der Waals surface area contributed by atoms with Gasteiger partial charge in [0, 0.05) is 30.1 Å². The van der Waals surface area contributed by atoms with E-state index in [-0.39, 0.29) is 22.9 Å². The first-order valence-corrected chi connectivity index (χ1v) is 10.6. The number of rotatable bonds is 6. The third kappa shape index (κ3) is 4.90. The maximum Gasteiger partial charge on any atom is 0.406 e. The third-order valence-electron chi connectivity index (χ3n) is 5.43. The van der Waals surface area contributed by atoms with E-state index in [1.807, 2.05) is 0 Å². The minimum Gasteiger partial charge on any atom is -0.497 e. The van der Waals surface area contributed by atoms with Crippen molar-refractivity contribution in [2.45, 2.75) is 26.1 Å². The highest BCUT2D eigenvalue weighted by molar-refractivity contribution is 7.10. The van der Waals surface area contributed by atoms with Crippen LogP contribution in [0, 0.1) is 17.8 Å². The van der Waals surface area contributed by atoms with Gasteiger partial charge >= 0.3 is 6.18 Å². The Hall–Kier alpha value is -3.26. The fourth-order valence-corrected chi connectivity index (χ4v) is 4.35. The number of anilines is 1. The zero-order chi connectivity index (χ0) is 24.6. The van der Waals surface area contributed by atoms with Crippen molar-refractivity contribution >= 4 is 28.8 Å². The normalized spacial score (nSPS) is 17.6. The topological polar surface area (TPSA) is 72.0 Å². The van der Waals surface area contributed by atoms with E-state index in [1.54, 1.807) is 18.2 Å². The lowest BCUT2D eigenvalue weighted by molar-refractivity contribution is -0.160. The first-order chi connectivity index (χ1) is 15.4. The van der Waals surface area contributed by atoms with Gasteiger partial charge in [0.15, 0.2) is 5.01 Å². The van der Waals surface area contributed by atoms with Gasteiger partial charge in [-0.1, -0.05) is 0 Å². The average molecular weight is 481 g/mol. The van der Waals surface area contributed by atoms with Crippen molar-refractivity contribution in [3.8, 4) is 23.8 Å². The third-order valence-corrected chi connectivity index (χ3v) is 6.20. The van der Waals surface area contributed by atoms with Crippen molar-refractivity contribution in [3.05, 3.63) is 34.3 Å². The molecule has 0 N–H and O–H groups in total. The monoisotopic (exact) mass is 481 g/mol. The Morgan fingerprint density at radius 2 is 1.91 bits per heavy atom. The van der Waals surface area contributed by atoms with Gasteiger partial charge in [0.1, 0.15) is 23.7 Å². The molecule has 0 bridgehead atoms. The molecule has 0 spiro atoms. The van der Waals surface area contributed by atoms with E-state index in [4.69, 9.17) is 15.9 Å². The van der Waals surface area contributed by atoms with Gasteiger partial charge in [-0.25, -0.2) is 4.98 Å². The lowest BCUT2D eigenvalue weighted by Gasteiger charge is -2.35. The fourth-order valence-electron chi connectivity index (χ4n) is 3.76. The Labute approximate surface area is 193 Å². The Kier molecular flexibility index (Phi) is 6.61. The highest BCUT2D eigenvalue weighted by atomic mass is 32.1. The quantitative estimate of drug-likeness (QED) is 0.590. The second-order valence-corrected chi connectivity index (χ2v) is 8.82. The van der Waals surface area contributed by atoms with E-state index in [1.165, 1.54) is 38.3 Å². The number of terminal acetylenes is 1. The predicted molar refractivity (Wildman–Crippen MR) is 117 cm³/mol. The molecule has 176 valence electrons. The molecule has 7 nitrogen and oxygen atoms in total. The zero-order valence-corrected chi connectivity index (χ0v) is 19.2. The largest absolute Gasteiger partial charge is 0.497 e. The predicted octanol–water partition coefficient (Wildman–Crippen LogP) is 3.59. The Balaban J connectivity index is 2.14. The number of likely N-dealkylation sites (tertiary alicyclic amines) is 1. The molecule has 1 fully saturated rings. The molecule has 1 saturated heterocycles. The number of halogens is 3. The summed E-state index contributed by atoms with van der Waals surface area (Å²) in [6, 6.07) is 3.74. The van der Waals surface area contributed by atoms with E-state index in [9.17, 15) is 22.8 Å². The van der Waals surface area contributed by atoms with Crippen LogP contribution in [0.5, 0.6) is 11.5 Å². The number of carbonyl (C=O) groups excluding carboxylic acids is 2. The highest BCUT2D eigenvalue weighted by Gasteiger charge is 2.53. The van der Waals surface area contributed by atoms with Gasteiger partial charge in [-0.05, 0) is 19.8 Å². The summed E-state index contributed by atoms with van der Waals surface area (Å²) in [5, 5.41) is 1.75. The van der Waals surface area contributed by atoms with Crippen LogP contribution in [0.3, 0.4) is 0 Å². The summed E-state index contributed by atoms with van der Waals surface area (Å²) < 4.78 is 49.9. The van der Waals surface area contributed by atoms with Gasteiger partial charge in [0.05, 0.1) is 31.4 Å². The van der Waals surface area contributed by atoms with E-state index >= 15 is 0 Å². The highest BCUT2D eigenvalue weighted by Crippen LogP contribution is 2.41. The second kappa shape index (κ2) is 8.94. The number of alkyl halides is 3. The molecule has 2 heterocycles. The molecule has 0 aliphatic carbocycles. The first kappa shape index (κ1) is 24.4. The van der Waals surface area contributed by atoms with Gasteiger partial charge in [0.2, 0.25) is 5.91 Å². The molecule has 1 atom stereocenters. The average Bonchev–Trinajstić information content (AvgIpc) is 3.32. The number of aromatic nitrogens is 1. The van der Waals surface area contributed by atoms with Crippen LogP contribution < -0.4 is 14.4 Å². The number of thiazole rings is 1. The smallest absolute Gasteiger partial charge is 0.406 e. The van der Waals surface area contributed by atoms with Gasteiger partial charge < -0.3 is 19.3 Å². The number of hydrogen-bond donors (Lipinski definition) is 0. The number of benzene rings is 1. The Morgan fingerprint density at radius 1 is 1.30 bits per heavy atom.